The molecule has 1 rings (SSSR count). The van der Waals surface area contributed by atoms with Crippen LogP contribution in [0.4, 0.5) is 4.39 Å². The van der Waals surface area contributed by atoms with E-state index in [0.717, 1.165) is 19.5 Å². The van der Waals surface area contributed by atoms with Crippen molar-refractivity contribution in [2.45, 2.75) is 39.2 Å². The highest BCUT2D eigenvalue weighted by Crippen LogP contribution is 2.13. The van der Waals surface area contributed by atoms with Gasteiger partial charge in [-0.15, -0.1) is 24.0 Å². The van der Waals surface area contributed by atoms with Crippen molar-refractivity contribution in [2.24, 2.45) is 4.99 Å². The van der Waals surface area contributed by atoms with Gasteiger partial charge in [-0.1, -0.05) is 31.9 Å². The Hall–Kier alpha value is -0.890. The summed E-state index contributed by atoms with van der Waals surface area (Å²) in [6.45, 7) is 6.05. The standard InChI is InChI=1S/C16H26FN3O.HI/c1-3-5-6-11-19-16(18-4-2)20-12-15(21)13-7-9-14(17)10-8-13;/h7-10,15,21H,3-6,11-12H2,1-2H3,(H2,18,19,20);1H. The van der Waals surface area contributed by atoms with E-state index >= 15 is 0 Å². The van der Waals surface area contributed by atoms with E-state index in [-0.39, 0.29) is 36.3 Å². The van der Waals surface area contributed by atoms with Crippen molar-refractivity contribution >= 4 is 29.9 Å². The minimum Gasteiger partial charge on any atom is -0.386 e. The average Bonchev–Trinajstić information content (AvgIpc) is 2.49. The lowest BCUT2D eigenvalue weighted by molar-refractivity contribution is 0.187. The molecule has 1 unspecified atom stereocenters. The first-order chi connectivity index (χ1) is 10.2. The second-order valence-electron chi connectivity index (χ2n) is 4.92. The Morgan fingerprint density at radius 3 is 2.45 bits per heavy atom. The lowest BCUT2D eigenvalue weighted by Crippen LogP contribution is -2.38. The maximum atomic E-state index is 12.8. The Balaban J connectivity index is 0.00000441. The third-order valence-electron chi connectivity index (χ3n) is 3.09. The zero-order valence-corrected chi connectivity index (χ0v) is 15.6. The van der Waals surface area contributed by atoms with Crippen LogP contribution in [-0.4, -0.2) is 30.7 Å². The summed E-state index contributed by atoms with van der Waals surface area (Å²) < 4.78 is 12.8. The van der Waals surface area contributed by atoms with Crippen molar-refractivity contribution < 1.29 is 9.50 Å². The quantitative estimate of drug-likeness (QED) is 0.261. The van der Waals surface area contributed by atoms with Gasteiger partial charge in [0.05, 0.1) is 12.6 Å². The number of aliphatic hydroxyl groups is 1. The van der Waals surface area contributed by atoms with Crippen LogP contribution in [0, 0.1) is 5.82 Å². The van der Waals surface area contributed by atoms with Crippen LogP contribution in [0.25, 0.3) is 0 Å². The summed E-state index contributed by atoms with van der Waals surface area (Å²) in [6.07, 6.45) is 2.74. The summed E-state index contributed by atoms with van der Waals surface area (Å²) in [4.78, 5) is 4.36. The number of hydrogen-bond acceptors (Lipinski definition) is 2. The first-order valence-electron chi connectivity index (χ1n) is 7.63. The third-order valence-corrected chi connectivity index (χ3v) is 3.09. The van der Waals surface area contributed by atoms with Gasteiger partial charge in [0, 0.05) is 13.1 Å². The minimum absolute atomic E-state index is 0. The number of nitrogens with zero attached hydrogens (tertiary/aromatic N) is 1. The van der Waals surface area contributed by atoms with Crippen LogP contribution in [-0.2, 0) is 0 Å². The van der Waals surface area contributed by atoms with Crippen molar-refractivity contribution in [1.29, 1.82) is 0 Å². The molecule has 4 nitrogen and oxygen atoms in total. The van der Waals surface area contributed by atoms with Crippen molar-refractivity contribution in [1.82, 2.24) is 10.6 Å². The van der Waals surface area contributed by atoms with Gasteiger partial charge in [-0.2, -0.15) is 0 Å². The zero-order valence-electron chi connectivity index (χ0n) is 13.3. The molecule has 0 saturated carbocycles. The fraction of sp³-hybridized carbons (Fsp3) is 0.562. The Kier molecular flexibility index (Phi) is 12.1. The van der Waals surface area contributed by atoms with E-state index in [2.05, 4.69) is 22.5 Å². The van der Waals surface area contributed by atoms with Crippen LogP contribution in [0.5, 0.6) is 0 Å². The highest BCUT2D eigenvalue weighted by Gasteiger charge is 2.07. The molecule has 0 amide bonds. The van der Waals surface area contributed by atoms with Gasteiger partial charge in [0.25, 0.3) is 0 Å². The van der Waals surface area contributed by atoms with Crippen LogP contribution in [0.3, 0.4) is 0 Å². The molecule has 0 aliphatic rings. The topological polar surface area (TPSA) is 56.7 Å². The monoisotopic (exact) mass is 423 g/mol. The Morgan fingerprint density at radius 2 is 1.86 bits per heavy atom. The van der Waals surface area contributed by atoms with Gasteiger partial charge in [0.15, 0.2) is 5.96 Å². The number of benzene rings is 1. The third kappa shape index (κ3) is 8.53. The van der Waals surface area contributed by atoms with E-state index in [1.807, 2.05) is 6.92 Å². The van der Waals surface area contributed by atoms with Gasteiger partial charge in [0.2, 0.25) is 0 Å². The SMILES string of the molecule is CCCCCNC(=NCC(O)c1ccc(F)cc1)NCC.I. The lowest BCUT2D eigenvalue weighted by Gasteiger charge is -2.13. The Morgan fingerprint density at radius 1 is 1.18 bits per heavy atom. The first kappa shape index (κ1) is 21.1. The molecule has 0 radical (unpaired) electrons. The van der Waals surface area contributed by atoms with Gasteiger partial charge >= 0.3 is 0 Å². The van der Waals surface area contributed by atoms with Gasteiger partial charge in [-0.05, 0) is 31.0 Å². The largest absolute Gasteiger partial charge is 0.386 e. The molecule has 0 saturated heterocycles. The first-order valence-corrected chi connectivity index (χ1v) is 7.63. The van der Waals surface area contributed by atoms with Crippen LogP contribution in [0.2, 0.25) is 0 Å². The van der Waals surface area contributed by atoms with E-state index in [0.29, 0.717) is 11.5 Å². The van der Waals surface area contributed by atoms with Gasteiger partial charge in [0.1, 0.15) is 5.82 Å². The van der Waals surface area contributed by atoms with Crippen LogP contribution in [0.15, 0.2) is 29.3 Å². The zero-order chi connectivity index (χ0) is 15.5. The maximum Gasteiger partial charge on any atom is 0.191 e. The second-order valence-corrected chi connectivity index (χ2v) is 4.92. The molecule has 0 spiro atoms. The molecule has 22 heavy (non-hydrogen) atoms. The highest BCUT2D eigenvalue weighted by atomic mass is 127. The second kappa shape index (κ2) is 12.6. The molecular formula is C16H27FIN3O. The smallest absolute Gasteiger partial charge is 0.191 e. The van der Waals surface area contributed by atoms with Crippen LogP contribution < -0.4 is 10.6 Å². The summed E-state index contributed by atoms with van der Waals surface area (Å²) in [5.74, 6) is 0.398. The summed E-state index contributed by atoms with van der Waals surface area (Å²) in [6, 6.07) is 5.85. The summed E-state index contributed by atoms with van der Waals surface area (Å²) in [5.41, 5.74) is 0.669. The molecule has 1 aromatic carbocycles. The molecule has 1 atom stereocenters. The molecule has 0 aliphatic carbocycles. The van der Waals surface area contributed by atoms with E-state index < -0.39 is 6.10 Å². The molecule has 126 valence electrons. The van der Waals surface area contributed by atoms with Gasteiger partial charge in [-0.3, -0.25) is 4.99 Å². The summed E-state index contributed by atoms with van der Waals surface area (Å²) >= 11 is 0. The molecular weight excluding hydrogens is 396 g/mol. The van der Waals surface area contributed by atoms with Crippen molar-refractivity contribution in [3.8, 4) is 0 Å². The van der Waals surface area contributed by atoms with Crippen molar-refractivity contribution in [3.63, 3.8) is 0 Å². The number of guanidine groups is 1. The lowest BCUT2D eigenvalue weighted by atomic mass is 10.1. The van der Waals surface area contributed by atoms with E-state index in [1.165, 1.54) is 25.0 Å². The molecule has 3 N–H and O–H groups in total. The average molecular weight is 423 g/mol. The van der Waals surface area contributed by atoms with Gasteiger partial charge < -0.3 is 15.7 Å². The van der Waals surface area contributed by atoms with E-state index in [9.17, 15) is 9.50 Å². The van der Waals surface area contributed by atoms with E-state index in [1.54, 1.807) is 12.1 Å². The fourth-order valence-electron chi connectivity index (χ4n) is 1.89. The molecule has 0 fully saturated rings. The van der Waals surface area contributed by atoms with Crippen molar-refractivity contribution in [2.75, 3.05) is 19.6 Å². The number of hydrogen-bond donors (Lipinski definition) is 3. The Labute approximate surface area is 149 Å². The molecule has 0 aromatic heterocycles. The number of halogens is 2. The highest BCUT2D eigenvalue weighted by molar-refractivity contribution is 14.0. The number of aliphatic imine (C=N–C) groups is 1. The molecule has 0 aliphatic heterocycles. The van der Waals surface area contributed by atoms with Gasteiger partial charge in [-0.25, -0.2) is 4.39 Å². The molecule has 0 bridgehead atoms. The normalized spacial score (nSPS) is 12.5. The summed E-state index contributed by atoms with van der Waals surface area (Å²) in [5, 5.41) is 16.4. The number of aliphatic hydroxyl groups excluding tert-OH is 1. The minimum atomic E-state index is -0.725. The maximum absolute atomic E-state index is 12.8. The predicted octanol–water partition coefficient (Wildman–Crippen LogP) is 3.22. The van der Waals surface area contributed by atoms with Crippen LogP contribution in [0.1, 0.15) is 44.8 Å². The molecule has 1 aromatic rings. The molecule has 6 heteroatoms. The fourth-order valence-corrected chi connectivity index (χ4v) is 1.89. The molecule has 0 heterocycles. The predicted molar refractivity (Wildman–Crippen MR) is 100 cm³/mol. The number of unbranched alkanes of at least 4 members (excludes halogenated alkanes) is 2. The van der Waals surface area contributed by atoms with Crippen molar-refractivity contribution in [3.05, 3.63) is 35.6 Å². The Bertz CT molecular complexity index is 426. The number of rotatable bonds is 8. The van der Waals surface area contributed by atoms with Crippen LogP contribution >= 0.6 is 24.0 Å². The van der Waals surface area contributed by atoms with E-state index in [4.69, 9.17) is 0 Å². The summed E-state index contributed by atoms with van der Waals surface area (Å²) in [7, 11) is 0. The number of nitrogens with one attached hydrogen (secondary N) is 2.